The van der Waals surface area contributed by atoms with Crippen molar-refractivity contribution in [3.8, 4) is 5.75 Å². The fourth-order valence-electron chi connectivity index (χ4n) is 4.33. The molecule has 1 aromatic heterocycles. The highest BCUT2D eigenvalue weighted by atomic mass is 35.5. The maximum atomic E-state index is 13.1. The Balaban J connectivity index is 0.00000256. The Morgan fingerprint density at radius 3 is 2.70 bits per heavy atom. The van der Waals surface area contributed by atoms with Crippen LogP contribution in [0.5, 0.6) is 5.75 Å². The molecule has 1 unspecified atom stereocenters. The Labute approximate surface area is 182 Å². The first-order chi connectivity index (χ1) is 13.7. The topological polar surface area (TPSA) is 63.2 Å². The Morgan fingerprint density at radius 2 is 2.10 bits per heavy atom. The van der Waals surface area contributed by atoms with Gasteiger partial charge in [-0.2, -0.15) is 13.2 Å². The van der Waals surface area contributed by atoms with E-state index in [2.05, 4.69) is 15.6 Å². The largest absolute Gasteiger partial charge is 0.497 e. The number of amides is 1. The predicted octanol–water partition coefficient (Wildman–Crippen LogP) is 4.41. The highest BCUT2D eigenvalue weighted by Crippen LogP contribution is 2.51. The summed E-state index contributed by atoms with van der Waals surface area (Å²) in [6.07, 6.45) is -1.98. The average molecular weight is 462 g/mol. The number of methoxy groups -OCH3 is 1. The third-order valence-electron chi connectivity index (χ3n) is 5.71. The van der Waals surface area contributed by atoms with Crippen molar-refractivity contribution in [2.45, 2.75) is 30.6 Å². The number of hydrogen-bond donors (Lipinski definition) is 2. The van der Waals surface area contributed by atoms with E-state index in [1.165, 1.54) is 0 Å². The van der Waals surface area contributed by atoms with E-state index in [4.69, 9.17) is 16.3 Å². The molecule has 3 heterocycles. The summed E-state index contributed by atoms with van der Waals surface area (Å²) in [5.74, 6) is 0.415. The lowest BCUT2D eigenvalue weighted by molar-refractivity contribution is -0.137. The molecule has 1 aliphatic carbocycles. The smallest absolute Gasteiger partial charge is 0.417 e. The summed E-state index contributed by atoms with van der Waals surface area (Å²) in [5.41, 5.74) is -1.08. The molecule has 2 N–H and O–H groups in total. The number of fused-ring (bicyclic) bond motifs is 1. The van der Waals surface area contributed by atoms with Crippen molar-refractivity contribution < 1.29 is 22.7 Å². The maximum absolute atomic E-state index is 13.1. The van der Waals surface area contributed by atoms with Crippen LogP contribution in [0.25, 0.3) is 0 Å². The van der Waals surface area contributed by atoms with E-state index in [-0.39, 0.29) is 17.9 Å². The van der Waals surface area contributed by atoms with Gasteiger partial charge in [0, 0.05) is 11.7 Å². The molecule has 3 fully saturated rings. The molecule has 1 saturated carbocycles. The second-order valence-electron chi connectivity index (χ2n) is 7.51. The molecule has 30 heavy (non-hydrogen) atoms. The second-order valence-corrected chi connectivity index (χ2v) is 7.89. The monoisotopic (exact) mass is 461 g/mol. The number of aromatic nitrogens is 1. The molecule has 2 aromatic rings. The minimum atomic E-state index is -4.67. The first kappa shape index (κ1) is 22.7. The van der Waals surface area contributed by atoms with Crippen LogP contribution in [0.2, 0.25) is 5.02 Å². The Hall–Kier alpha value is -2.03. The molecule has 2 saturated heterocycles. The summed E-state index contributed by atoms with van der Waals surface area (Å²) in [6, 6.07) is 7.56. The zero-order chi connectivity index (χ0) is 20.8. The molecule has 162 valence electrons. The van der Waals surface area contributed by atoms with Crippen LogP contribution in [0.3, 0.4) is 0 Å². The molecule has 5 rings (SSSR count). The number of rotatable bonds is 5. The van der Waals surface area contributed by atoms with Gasteiger partial charge in [-0.3, -0.25) is 4.79 Å². The molecule has 2 bridgehead atoms. The molecule has 1 amide bonds. The van der Waals surface area contributed by atoms with E-state index in [1.54, 1.807) is 13.2 Å². The molecular weight excluding hydrogens is 442 g/mol. The first-order valence-electron chi connectivity index (χ1n) is 9.15. The normalized spacial score (nSPS) is 23.2. The van der Waals surface area contributed by atoms with Crippen molar-refractivity contribution in [3.05, 3.63) is 58.4 Å². The van der Waals surface area contributed by atoms with Crippen molar-refractivity contribution in [2.24, 2.45) is 5.92 Å². The summed E-state index contributed by atoms with van der Waals surface area (Å²) in [7, 11) is 1.55. The Bertz CT molecular complexity index is 944. The van der Waals surface area contributed by atoms with E-state index in [0.29, 0.717) is 11.7 Å². The molecule has 3 aliphatic rings. The van der Waals surface area contributed by atoms with Crippen molar-refractivity contribution in [3.63, 3.8) is 0 Å². The fourth-order valence-corrected chi connectivity index (χ4v) is 4.63. The molecule has 5 nitrogen and oxygen atoms in total. The fraction of sp³-hybridized carbons (Fsp3) is 0.400. The summed E-state index contributed by atoms with van der Waals surface area (Å²) < 4.78 is 44.7. The number of nitrogens with one attached hydrogen (secondary N) is 2. The van der Waals surface area contributed by atoms with Gasteiger partial charge in [-0.05, 0) is 49.1 Å². The molecule has 2 aliphatic heterocycles. The molecule has 1 aromatic carbocycles. The number of ether oxygens (including phenoxy) is 1. The lowest BCUT2D eigenvalue weighted by atomic mass is 9.67. The van der Waals surface area contributed by atoms with E-state index in [1.807, 2.05) is 18.2 Å². The minimum absolute atomic E-state index is 0. The van der Waals surface area contributed by atoms with Gasteiger partial charge < -0.3 is 15.4 Å². The summed E-state index contributed by atoms with van der Waals surface area (Å²) >= 11 is 5.89. The van der Waals surface area contributed by atoms with Crippen LogP contribution in [0.1, 0.15) is 40.5 Å². The number of benzene rings is 1. The molecule has 10 heteroatoms. The summed E-state index contributed by atoms with van der Waals surface area (Å²) in [5, 5.41) is 5.63. The van der Waals surface area contributed by atoms with E-state index in [9.17, 15) is 18.0 Å². The average Bonchev–Trinajstić information content (AvgIpc) is 3.27. The number of halogens is 5. The van der Waals surface area contributed by atoms with Gasteiger partial charge in [-0.25, -0.2) is 4.98 Å². The number of alkyl halides is 3. The molecule has 0 radical (unpaired) electrons. The molecule has 1 atom stereocenters. The lowest BCUT2D eigenvalue weighted by Crippen LogP contribution is -2.54. The number of carbonyl (C=O) groups excluding carboxylic acids is 1. The summed E-state index contributed by atoms with van der Waals surface area (Å²) in [4.78, 5) is 16.7. The molecular formula is C20H20Cl2F3N3O2. The van der Waals surface area contributed by atoms with Crippen LogP contribution in [0.15, 0.2) is 36.5 Å². The quantitative estimate of drug-likeness (QED) is 0.692. The molecule has 0 spiro atoms. The van der Waals surface area contributed by atoms with Crippen LogP contribution in [0, 0.1) is 5.92 Å². The number of nitrogens with zero attached hydrogens (tertiary/aromatic N) is 1. The van der Waals surface area contributed by atoms with Crippen molar-refractivity contribution in [1.82, 2.24) is 15.6 Å². The van der Waals surface area contributed by atoms with Crippen molar-refractivity contribution in [1.29, 1.82) is 0 Å². The SMILES string of the molecule is COc1cccc(C(NC(=O)c2nccc(C(F)(F)F)c2Cl)C23CC(CN2)C3)c1.Cl. The van der Waals surface area contributed by atoms with Crippen molar-refractivity contribution >= 4 is 29.9 Å². The number of carbonyl (C=O) groups is 1. The first-order valence-corrected chi connectivity index (χ1v) is 9.53. The van der Waals surface area contributed by atoms with Gasteiger partial charge in [0.2, 0.25) is 0 Å². The standard InChI is InChI=1S/C20H19ClF3N3O2.ClH/c1-29-13-4-2-3-12(7-13)17(19-8-11(9-19)10-26-19)27-18(28)16-15(21)14(5-6-25-16)20(22,23)24;/h2-7,11,17,26H,8-10H2,1H3,(H,27,28);1H. The van der Waals surface area contributed by atoms with Crippen LogP contribution < -0.4 is 15.4 Å². The van der Waals surface area contributed by atoms with Gasteiger partial charge in [0.05, 0.1) is 23.7 Å². The van der Waals surface area contributed by atoms with Gasteiger partial charge in [-0.15, -0.1) is 12.4 Å². The minimum Gasteiger partial charge on any atom is -0.497 e. The van der Waals surface area contributed by atoms with Gasteiger partial charge in [0.1, 0.15) is 11.4 Å². The van der Waals surface area contributed by atoms with Crippen LogP contribution in [0.4, 0.5) is 13.2 Å². The highest BCUT2D eigenvalue weighted by molar-refractivity contribution is 6.34. The van der Waals surface area contributed by atoms with Gasteiger partial charge in [-0.1, -0.05) is 23.7 Å². The van der Waals surface area contributed by atoms with E-state index < -0.39 is 34.4 Å². The van der Waals surface area contributed by atoms with Gasteiger partial charge in [0.25, 0.3) is 5.91 Å². The maximum Gasteiger partial charge on any atom is 0.417 e. The van der Waals surface area contributed by atoms with E-state index >= 15 is 0 Å². The Kier molecular flexibility index (Phi) is 6.23. The number of hydrogen-bond acceptors (Lipinski definition) is 4. The van der Waals surface area contributed by atoms with Crippen molar-refractivity contribution in [2.75, 3.05) is 13.7 Å². The third kappa shape index (κ3) is 3.96. The predicted molar refractivity (Wildman–Crippen MR) is 108 cm³/mol. The van der Waals surface area contributed by atoms with E-state index in [0.717, 1.165) is 37.2 Å². The zero-order valence-corrected chi connectivity index (χ0v) is 17.5. The Morgan fingerprint density at radius 1 is 1.37 bits per heavy atom. The lowest BCUT2D eigenvalue weighted by Gasteiger charge is -2.44. The number of pyridine rings is 1. The third-order valence-corrected chi connectivity index (χ3v) is 6.10. The summed E-state index contributed by atoms with van der Waals surface area (Å²) in [6.45, 7) is 0.846. The highest BCUT2D eigenvalue weighted by Gasteiger charge is 2.55. The van der Waals surface area contributed by atoms with Crippen LogP contribution in [-0.2, 0) is 6.18 Å². The van der Waals surface area contributed by atoms with Gasteiger partial charge >= 0.3 is 6.18 Å². The second kappa shape index (κ2) is 8.24. The van der Waals surface area contributed by atoms with Crippen LogP contribution in [-0.4, -0.2) is 30.1 Å². The zero-order valence-electron chi connectivity index (χ0n) is 15.9. The van der Waals surface area contributed by atoms with Crippen LogP contribution >= 0.6 is 24.0 Å². The van der Waals surface area contributed by atoms with Gasteiger partial charge in [0.15, 0.2) is 0 Å².